The summed E-state index contributed by atoms with van der Waals surface area (Å²) in [6.07, 6.45) is -4.68. The standard InChI is InChI=1S/C14H16F4N2O/c1-8-9(2)20(4-3-19-8)13(21)10-5-11(14(16,17)18)7-12(15)6-10/h5-9,19H,3-4H2,1-2H3. The van der Waals surface area contributed by atoms with Crippen LogP contribution in [0, 0.1) is 5.82 Å². The fourth-order valence-electron chi connectivity index (χ4n) is 2.39. The molecule has 1 aliphatic heterocycles. The van der Waals surface area contributed by atoms with Crippen molar-refractivity contribution in [3.8, 4) is 0 Å². The Morgan fingerprint density at radius 2 is 1.95 bits per heavy atom. The van der Waals surface area contributed by atoms with Gasteiger partial charge < -0.3 is 10.2 Å². The molecule has 0 radical (unpaired) electrons. The first-order valence-corrected chi connectivity index (χ1v) is 6.62. The maximum Gasteiger partial charge on any atom is 0.416 e. The van der Waals surface area contributed by atoms with E-state index >= 15 is 0 Å². The van der Waals surface area contributed by atoms with Crippen molar-refractivity contribution >= 4 is 5.91 Å². The van der Waals surface area contributed by atoms with Crippen LogP contribution >= 0.6 is 0 Å². The Kier molecular flexibility index (Phi) is 4.22. The van der Waals surface area contributed by atoms with Gasteiger partial charge in [-0.05, 0) is 32.0 Å². The lowest BCUT2D eigenvalue weighted by Gasteiger charge is -2.38. The minimum atomic E-state index is -4.68. The summed E-state index contributed by atoms with van der Waals surface area (Å²) in [5.41, 5.74) is -1.43. The second-order valence-corrected chi connectivity index (χ2v) is 5.21. The summed E-state index contributed by atoms with van der Waals surface area (Å²) in [7, 11) is 0. The summed E-state index contributed by atoms with van der Waals surface area (Å²) in [5, 5.41) is 3.17. The minimum Gasteiger partial charge on any atom is -0.333 e. The van der Waals surface area contributed by atoms with E-state index in [4.69, 9.17) is 0 Å². The number of nitrogens with zero attached hydrogens (tertiary/aromatic N) is 1. The topological polar surface area (TPSA) is 32.3 Å². The zero-order chi connectivity index (χ0) is 15.8. The van der Waals surface area contributed by atoms with E-state index in [-0.39, 0.29) is 17.6 Å². The van der Waals surface area contributed by atoms with Gasteiger partial charge in [0.15, 0.2) is 0 Å². The zero-order valence-electron chi connectivity index (χ0n) is 11.7. The Morgan fingerprint density at radius 3 is 2.57 bits per heavy atom. The van der Waals surface area contributed by atoms with Gasteiger partial charge in [-0.25, -0.2) is 4.39 Å². The van der Waals surface area contributed by atoms with Gasteiger partial charge in [0, 0.05) is 30.7 Å². The highest BCUT2D eigenvalue weighted by Gasteiger charge is 2.34. The average Bonchev–Trinajstić information content (AvgIpc) is 2.39. The van der Waals surface area contributed by atoms with E-state index in [1.54, 1.807) is 6.92 Å². The molecule has 2 rings (SSSR count). The van der Waals surface area contributed by atoms with Gasteiger partial charge in [0.1, 0.15) is 5.82 Å². The first-order chi connectivity index (χ1) is 9.70. The number of amides is 1. The van der Waals surface area contributed by atoms with E-state index in [0.29, 0.717) is 25.2 Å². The van der Waals surface area contributed by atoms with Gasteiger partial charge >= 0.3 is 6.18 Å². The van der Waals surface area contributed by atoms with E-state index in [1.807, 2.05) is 6.92 Å². The van der Waals surface area contributed by atoms with Crippen LogP contribution in [0.3, 0.4) is 0 Å². The molecule has 116 valence electrons. The fraction of sp³-hybridized carbons (Fsp3) is 0.500. The fourth-order valence-corrected chi connectivity index (χ4v) is 2.39. The van der Waals surface area contributed by atoms with Crippen LogP contribution in [-0.4, -0.2) is 36.0 Å². The van der Waals surface area contributed by atoms with E-state index < -0.39 is 23.5 Å². The van der Waals surface area contributed by atoms with E-state index in [9.17, 15) is 22.4 Å². The molecule has 1 N–H and O–H groups in total. The number of halogens is 4. The summed E-state index contributed by atoms with van der Waals surface area (Å²) in [5.74, 6) is -1.65. The van der Waals surface area contributed by atoms with E-state index in [1.165, 1.54) is 4.90 Å². The van der Waals surface area contributed by atoms with Crippen molar-refractivity contribution in [3.05, 3.63) is 35.1 Å². The van der Waals surface area contributed by atoms with Crippen molar-refractivity contribution in [2.45, 2.75) is 32.1 Å². The summed E-state index contributed by atoms with van der Waals surface area (Å²) in [4.78, 5) is 13.8. The third-order valence-electron chi connectivity index (χ3n) is 3.77. The third kappa shape index (κ3) is 3.34. The largest absolute Gasteiger partial charge is 0.416 e. The van der Waals surface area contributed by atoms with Gasteiger partial charge in [-0.15, -0.1) is 0 Å². The molecule has 0 bridgehead atoms. The van der Waals surface area contributed by atoms with Crippen LogP contribution in [0.25, 0.3) is 0 Å². The number of rotatable bonds is 1. The quantitative estimate of drug-likeness (QED) is 0.809. The Labute approximate surface area is 119 Å². The average molecular weight is 304 g/mol. The maximum atomic E-state index is 13.4. The highest BCUT2D eigenvalue weighted by molar-refractivity contribution is 5.94. The Bertz CT molecular complexity index is 544. The van der Waals surface area contributed by atoms with Crippen molar-refractivity contribution in [2.75, 3.05) is 13.1 Å². The summed E-state index contributed by atoms with van der Waals surface area (Å²) in [6, 6.07) is 1.78. The summed E-state index contributed by atoms with van der Waals surface area (Å²) >= 11 is 0. The number of hydrogen-bond donors (Lipinski definition) is 1. The van der Waals surface area contributed by atoms with Crippen molar-refractivity contribution < 1.29 is 22.4 Å². The van der Waals surface area contributed by atoms with Crippen molar-refractivity contribution in [1.29, 1.82) is 0 Å². The summed E-state index contributed by atoms with van der Waals surface area (Å²) < 4.78 is 51.4. The number of nitrogens with one attached hydrogen (secondary N) is 1. The number of benzene rings is 1. The van der Waals surface area contributed by atoms with Gasteiger partial charge in [-0.1, -0.05) is 0 Å². The zero-order valence-corrected chi connectivity index (χ0v) is 11.7. The molecule has 1 amide bonds. The van der Waals surface area contributed by atoms with Gasteiger partial charge in [0.25, 0.3) is 5.91 Å². The first kappa shape index (κ1) is 15.8. The molecule has 0 spiro atoms. The molecule has 0 saturated carbocycles. The Balaban J connectivity index is 2.33. The van der Waals surface area contributed by atoms with Crippen LogP contribution in [0.5, 0.6) is 0 Å². The molecule has 1 aromatic carbocycles. The molecule has 1 aromatic rings. The second kappa shape index (κ2) is 5.63. The van der Waals surface area contributed by atoms with Crippen LogP contribution < -0.4 is 5.32 Å². The Morgan fingerprint density at radius 1 is 1.29 bits per heavy atom. The molecule has 0 aliphatic carbocycles. The number of hydrogen-bond acceptors (Lipinski definition) is 2. The number of carbonyl (C=O) groups is 1. The molecule has 3 nitrogen and oxygen atoms in total. The van der Waals surface area contributed by atoms with E-state index in [0.717, 1.165) is 6.07 Å². The van der Waals surface area contributed by atoms with Crippen LogP contribution in [0.4, 0.5) is 17.6 Å². The van der Waals surface area contributed by atoms with Crippen LogP contribution in [-0.2, 0) is 6.18 Å². The molecule has 7 heteroatoms. The summed E-state index contributed by atoms with van der Waals surface area (Å²) in [6.45, 7) is 4.62. The molecule has 21 heavy (non-hydrogen) atoms. The van der Waals surface area contributed by atoms with Crippen LogP contribution in [0.2, 0.25) is 0 Å². The number of carbonyl (C=O) groups excluding carboxylic acids is 1. The predicted octanol–water partition coefficient (Wildman–Crippen LogP) is 2.67. The normalized spacial score (nSPS) is 23.2. The van der Waals surface area contributed by atoms with Gasteiger partial charge in [-0.3, -0.25) is 4.79 Å². The SMILES string of the molecule is CC1NCCN(C(=O)c2cc(F)cc(C(F)(F)F)c2)C1C. The van der Waals surface area contributed by atoms with Crippen LogP contribution in [0.1, 0.15) is 29.8 Å². The van der Waals surface area contributed by atoms with Crippen molar-refractivity contribution in [1.82, 2.24) is 10.2 Å². The minimum absolute atomic E-state index is 0.0262. The lowest BCUT2D eigenvalue weighted by atomic mass is 10.0. The lowest BCUT2D eigenvalue weighted by molar-refractivity contribution is -0.137. The molecule has 1 fully saturated rings. The maximum absolute atomic E-state index is 13.4. The second-order valence-electron chi connectivity index (χ2n) is 5.21. The third-order valence-corrected chi connectivity index (χ3v) is 3.77. The number of alkyl halides is 3. The van der Waals surface area contributed by atoms with E-state index in [2.05, 4.69) is 5.32 Å². The molecular formula is C14H16F4N2O. The molecule has 1 heterocycles. The highest BCUT2D eigenvalue weighted by Crippen LogP contribution is 2.31. The molecule has 1 saturated heterocycles. The molecule has 2 atom stereocenters. The molecule has 0 aromatic heterocycles. The van der Waals surface area contributed by atoms with Crippen molar-refractivity contribution in [3.63, 3.8) is 0 Å². The van der Waals surface area contributed by atoms with Gasteiger partial charge in [0.2, 0.25) is 0 Å². The van der Waals surface area contributed by atoms with Gasteiger partial charge in [-0.2, -0.15) is 13.2 Å². The lowest BCUT2D eigenvalue weighted by Crippen LogP contribution is -2.57. The smallest absolute Gasteiger partial charge is 0.333 e. The Hall–Kier alpha value is -1.63. The first-order valence-electron chi connectivity index (χ1n) is 6.62. The predicted molar refractivity (Wildman–Crippen MR) is 69.4 cm³/mol. The molecule has 1 aliphatic rings. The number of piperazine rings is 1. The molecule has 2 unspecified atom stereocenters. The highest BCUT2D eigenvalue weighted by atomic mass is 19.4. The van der Waals surface area contributed by atoms with Crippen LogP contribution in [0.15, 0.2) is 18.2 Å². The van der Waals surface area contributed by atoms with Gasteiger partial charge in [0.05, 0.1) is 5.56 Å². The monoisotopic (exact) mass is 304 g/mol. The molecular weight excluding hydrogens is 288 g/mol. The van der Waals surface area contributed by atoms with Crippen molar-refractivity contribution in [2.24, 2.45) is 0 Å².